The van der Waals surface area contributed by atoms with E-state index in [1.165, 1.54) is 7.11 Å². The summed E-state index contributed by atoms with van der Waals surface area (Å²) in [5.41, 5.74) is 5.70. The van der Waals surface area contributed by atoms with E-state index in [0.717, 1.165) is 6.54 Å². The lowest BCUT2D eigenvalue weighted by molar-refractivity contribution is -0.145. The standard InChI is InChI=1S/C7H14N2O2/c1-9-3-5(6(8)4-9)7(10)11-2/h5-6H,3-4,8H2,1-2H3. The minimum absolute atomic E-state index is 0.0625. The van der Waals surface area contributed by atoms with Gasteiger partial charge < -0.3 is 15.4 Å². The van der Waals surface area contributed by atoms with Gasteiger partial charge >= 0.3 is 5.97 Å². The summed E-state index contributed by atoms with van der Waals surface area (Å²) in [7, 11) is 3.34. The van der Waals surface area contributed by atoms with Crippen molar-refractivity contribution in [3.05, 3.63) is 0 Å². The maximum absolute atomic E-state index is 11.0. The molecule has 0 saturated carbocycles. The Morgan fingerprint density at radius 3 is 2.64 bits per heavy atom. The maximum Gasteiger partial charge on any atom is 0.311 e. The zero-order valence-corrected chi connectivity index (χ0v) is 6.91. The van der Waals surface area contributed by atoms with Crippen molar-refractivity contribution in [2.75, 3.05) is 27.2 Å². The highest BCUT2D eigenvalue weighted by Crippen LogP contribution is 2.14. The van der Waals surface area contributed by atoms with E-state index < -0.39 is 0 Å². The van der Waals surface area contributed by atoms with Gasteiger partial charge in [0.2, 0.25) is 0 Å². The van der Waals surface area contributed by atoms with Crippen LogP contribution < -0.4 is 5.73 Å². The van der Waals surface area contributed by atoms with E-state index in [9.17, 15) is 4.79 Å². The quantitative estimate of drug-likeness (QED) is 0.500. The van der Waals surface area contributed by atoms with Crippen LogP contribution in [-0.4, -0.2) is 44.2 Å². The third-order valence-electron chi connectivity index (χ3n) is 2.05. The van der Waals surface area contributed by atoms with Gasteiger partial charge in [0.05, 0.1) is 13.0 Å². The Morgan fingerprint density at radius 2 is 2.27 bits per heavy atom. The fourth-order valence-electron chi connectivity index (χ4n) is 1.43. The maximum atomic E-state index is 11.0. The van der Waals surface area contributed by atoms with Crippen molar-refractivity contribution in [3.8, 4) is 0 Å². The van der Waals surface area contributed by atoms with Crippen molar-refractivity contribution >= 4 is 5.97 Å². The number of ether oxygens (including phenoxy) is 1. The van der Waals surface area contributed by atoms with Gasteiger partial charge in [-0.3, -0.25) is 4.79 Å². The first kappa shape index (κ1) is 8.49. The normalized spacial score (nSPS) is 32.3. The monoisotopic (exact) mass is 158 g/mol. The molecule has 1 saturated heterocycles. The molecule has 0 aromatic rings. The van der Waals surface area contributed by atoms with Crippen LogP contribution in [0.5, 0.6) is 0 Å². The van der Waals surface area contributed by atoms with Crippen LogP contribution in [-0.2, 0) is 9.53 Å². The highest BCUT2D eigenvalue weighted by atomic mass is 16.5. The first-order valence-electron chi connectivity index (χ1n) is 3.67. The largest absolute Gasteiger partial charge is 0.469 e. The smallest absolute Gasteiger partial charge is 0.311 e. The number of esters is 1. The van der Waals surface area contributed by atoms with E-state index in [1.807, 2.05) is 11.9 Å². The number of nitrogens with two attached hydrogens (primary N) is 1. The minimum Gasteiger partial charge on any atom is -0.469 e. The molecule has 2 unspecified atom stereocenters. The number of carbonyl (C=O) groups is 1. The lowest BCUT2D eigenvalue weighted by atomic mass is 10.1. The number of rotatable bonds is 1. The summed E-state index contributed by atoms with van der Waals surface area (Å²) < 4.78 is 4.61. The van der Waals surface area contributed by atoms with Gasteiger partial charge in [-0.05, 0) is 7.05 Å². The van der Waals surface area contributed by atoms with Crippen LogP contribution in [0.2, 0.25) is 0 Å². The second-order valence-corrected chi connectivity index (χ2v) is 3.01. The van der Waals surface area contributed by atoms with Crippen LogP contribution in [0, 0.1) is 5.92 Å². The predicted molar refractivity (Wildman–Crippen MR) is 41.0 cm³/mol. The number of methoxy groups -OCH3 is 1. The van der Waals surface area contributed by atoms with Crippen molar-refractivity contribution in [3.63, 3.8) is 0 Å². The van der Waals surface area contributed by atoms with Crippen LogP contribution in [0.4, 0.5) is 0 Å². The highest BCUT2D eigenvalue weighted by Gasteiger charge is 2.34. The number of hydrogen-bond donors (Lipinski definition) is 1. The van der Waals surface area contributed by atoms with Crippen LogP contribution in [0.25, 0.3) is 0 Å². The van der Waals surface area contributed by atoms with Crippen LogP contribution in [0.15, 0.2) is 0 Å². The summed E-state index contributed by atoms with van der Waals surface area (Å²) in [4.78, 5) is 13.1. The molecule has 1 rings (SSSR count). The minimum atomic E-state index is -0.193. The number of likely N-dealkylation sites (N-methyl/N-ethyl adjacent to an activating group) is 1. The number of nitrogens with zero attached hydrogens (tertiary/aromatic N) is 1. The average Bonchev–Trinajstić information content (AvgIpc) is 2.28. The summed E-state index contributed by atoms with van der Waals surface area (Å²) in [5.74, 6) is -0.327. The van der Waals surface area contributed by atoms with Crippen molar-refractivity contribution in [2.45, 2.75) is 6.04 Å². The first-order chi connectivity index (χ1) is 5.15. The third-order valence-corrected chi connectivity index (χ3v) is 2.05. The zero-order valence-electron chi connectivity index (χ0n) is 6.91. The molecule has 0 bridgehead atoms. The van der Waals surface area contributed by atoms with Crippen LogP contribution in [0.1, 0.15) is 0 Å². The lowest BCUT2D eigenvalue weighted by Gasteiger charge is -2.10. The number of hydrogen-bond acceptors (Lipinski definition) is 4. The van der Waals surface area contributed by atoms with Gasteiger partial charge in [-0.25, -0.2) is 0 Å². The Labute approximate surface area is 66.3 Å². The second-order valence-electron chi connectivity index (χ2n) is 3.01. The molecule has 4 nitrogen and oxygen atoms in total. The average molecular weight is 158 g/mol. The molecular weight excluding hydrogens is 144 g/mol. The lowest BCUT2D eigenvalue weighted by Crippen LogP contribution is -2.34. The Balaban J connectivity index is 2.52. The molecule has 1 aliphatic rings. The van der Waals surface area contributed by atoms with Gasteiger partial charge in [-0.15, -0.1) is 0 Å². The molecule has 11 heavy (non-hydrogen) atoms. The molecule has 0 spiro atoms. The second kappa shape index (κ2) is 3.19. The molecule has 64 valence electrons. The van der Waals surface area contributed by atoms with E-state index >= 15 is 0 Å². The fourth-order valence-corrected chi connectivity index (χ4v) is 1.43. The zero-order chi connectivity index (χ0) is 8.43. The van der Waals surface area contributed by atoms with E-state index in [-0.39, 0.29) is 17.9 Å². The van der Waals surface area contributed by atoms with E-state index in [2.05, 4.69) is 4.74 Å². The van der Waals surface area contributed by atoms with Crippen molar-refractivity contribution in [2.24, 2.45) is 11.7 Å². The molecule has 0 aliphatic carbocycles. The predicted octanol–water partition coefficient (Wildman–Crippen LogP) is -0.952. The molecule has 4 heteroatoms. The van der Waals surface area contributed by atoms with Crippen LogP contribution >= 0.6 is 0 Å². The molecule has 0 aromatic heterocycles. The first-order valence-corrected chi connectivity index (χ1v) is 3.67. The van der Waals surface area contributed by atoms with Gasteiger partial charge in [-0.2, -0.15) is 0 Å². The van der Waals surface area contributed by atoms with Gasteiger partial charge in [0.25, 0.3) is 0 Å². The Morgan fingerprint density at radius 1 is 1.64 bits per heavy atom. The van der Waals surface area contributed by atoms with Crippen molar-refractivity contribution < 1.29 is 9.53 Å². The van der Waals surface area contributed by atoms with Gasteiger partial charge in [0.15, 0.2) is 0 Å². The summed E-state index contributed by atoms with van der Waals surface area (Å²) in [6.07, 6.45) is 0. The summed E-state index contributed by atoms with van der Waals surface area (Å²) in [6, 6.07) is -0.0625. The third kappa shape index (κ3) is 1.70. The van der Waals surface area contributed by atoms with Gasteiger partial charge in [-0.1, -0.05) is 0 Å². The van der Waals surface area contributed by atoms with Crippen LogP contribution in [0.3, 0.4) is 0 Å². The SMILES string of the molecule is COC(=O)C1CN(C)CC1N. The molecule has 0 radical (unpaired) electrons. The molecule has 2 N–H and O–H groups in total. The van der Waals surface area contributed by atoms with E-state index in [1.54, 1.807) is 0 Å². The van der Waals surface area contributed by atoms with Crippen molar-refractivity contribution in [1.29, 1.82) is 0 Å². The molecular formula is C7H14N2O2. The highest BCUT2D eigenvalue weighted by molar-refractivity contribution is 5.73. The molecule has 1 heterocycles. The molecule has 0 amide bonds. The fraction of sp³-hybridized carbons (Fsp3) is 0.857. The van der Waals surface area contributed by atoms with E-state index in [4.69, 9.17) is 5.73 Å². The molecule has 1 aliphatic heterocycles. The molecule has 2 atom stereocenters. The van der Waals surface area contributed by atoms with E-state index in [0.29, 0.717) is 6.54 Å². The summed E-state index contributed by atoms with van der Waals surface area (Å²) in [5, 5.41) is 0. The Hall–Kier alpha value is -0.610. The Kier molecular flexibility index (Phi) is 2.46. The Bertz CT molecular complexity index is 161. The number of carbonyl (C=O) groups excluding carboxylic acids is 1. The van der Waals surface area contributed by atoms with Gasteiger partial charge in [0, 0.05) is 19.1 Å². The molecule has 0 aromatic carbocycles. The summed E-state index contributed by atoms with van der Waals surface area (Å²) >= 11 is 0. The van der Waals surface area contributed by atoms with Crippen molar-refractivity contribution in [1.82, 2.24) is 4.90 Å². The van der Waals surface area contributed by atoms with Gasteiger partial charge in [0.1, 0.15) is 0 Å². The number of likely N-dealkylation sites (tertiary alicyclic amines) is 1. The molecule has 1 fully saturated rings. The summed E-state index contributed by atoms with van der Waals surface area (Å²) in [6.45, 7) is 1.49. The topological polar surface area (TPSA) is 55.6 Å².